The van der Waals surface area contributed by atoms with Crippen molar-refractivity contribution in [1.29, 1.82) is 0 Å². The first-order valence-electron chi connectivity index (χ1n) is 7.45. The van der Waals surface area contributed by atoms with Crippen LogP contribution in [0.1, 0.15) is 18.8 Å². The maximum absolute atomic E-state index is 12.4. The van der Waals surface area contributed by atoms with Gasteiger partial charge in [0.15, 0.2) is 0 Å². The Morgan fingerprint density at radius 1 is 1.50 bits per heavy atom. The summed E-state index contributed by atoms with van der Waals surface area (Å²) in [6.45, 7) is 5.22. The van der Waals surface area contributed by atoms with Crippen molar-refractivity contribution in [2.45, 2.75) is 13.0 Å². The van der Waals surface area contributed by atoms with E-state index in [1.165, 1.54) is 0 Å². The lowest BCUT2D eigenvalue weighted by Gasteiger charge is -2.39. The van der Waals surface area contributed by atoms with Crippen molar-refractivity contribution in [3.63, 3.8) is 0 Å². The number of aryl methyl sites for hydroxylation is 1. The van der Waals surface area contributed by atoms with Gasteiger partial charge in [-0.15, -0.1) is 0 Å². The third-order valence-corrected chi connectivity index (χ3v) is 3.98. The lowest BCUT2D eigenvalue weighted by atomic mass is 10.1. The molecule has 2 amide bonds. The molecule has 0 radical (unpaired) electrons. The second kappa shape index (κ2) is 6.18. The zero-order valence-corrected chi connectivity index (χ0v) is 12.9. The van der Waals surface area contributed by atoms with Gasteiger partial charge < -0.3 is 15.2 Å². The summed E-state index contributed by atoms with van der Waals surface area (Å²) >= 11 is 0. The van der Waals surface area contributed by atoms with E-state index in [9.17, 15) is 4.79 Å². The van der Waals surface area contributed by atoms with E-state index in [1.807, 2.05) is 18.1 Å². The van der Waals surface area contributed by atoms with Crippen molar-refractivity contribution in [2.75, 3.05) is 31.5 Å². The Bertz CT molecular complexity index is 621. The first kappa shape index (κ1) is 14.6. The van der Waals surface area contributed by atoms with Gasteiger partial charge in [-0.25, -0.2) is 9.78 Å². The van der Waals surface area contributed by atoms with Crippen LogP contribution < -0.4 is 5.32 Å². The summed E-state index contributed by atoms with van der Waals surface area (Å²) in [6, 6.07) is 0.00806. The smallest absolute Gasteiger partial charge is 0.322 e. The van der Waals surface area contributed by atoms with Crippen LogP contribution in [0.3, 0.4) is 0 Å². The molecule has 0 bridgehead atoms. The van der Waals surface area contributed by atoms with E-state index < -0.39 is 0 Å². The molecule has 1 aliphatic heterocycles. The van der Waals surface area contributed by atoms with Gasteiger partial charge in [-0.05, 0) is 6.54 Å². The zero-order valence-electron chi connectivity index (χ0n) is 12.9. The molecule has 1 saturated heterocycles. The first-order valence-corrected chi connectivity index (χ1v) is 7.45. The predicted octanol–water partition coefficient (Wildman–Crippen LogP) is 1.05. The van der Waals surface area contributed by atoms with Crippen molar-refractivity contribution in [3.05, 3.63) is 30.6 Å². The van der Waals surface area contributed by atoms with Crippen molar-refractivity contribution in [2.24, 2.45) is 7.05 Å². The SMILES string of the molecule is CCN1CCN(C(=O)Nc2cnn(C)c2)C[C@H]1c1ncc[nH]1. The van der Waals surface area contributed by atoms with E-state index in [0.717, 1.165) is 18.9 Å². The normalized spacial score (nSPS) is 19.4. The van der Waals surface area contributed by atoms with Crippen LogP contribution in [0, 0.1) is 0 Å². The number of amides is 2. The minimum atomic E-state index is -0.0969. The van der Waals surface area contributed by atoms with Crippen molar-refractivity contribution in [1.82, 2.24) is 29.5 Å². The van der Waals surface area contributed by atoms with Gasteiger partial charge in [-0.3, -0.25) is 9.58 Å². The van der Waals surface area contributed by atoms with Gasteiger partial charge in [0.2, 0.25) is 0 Å². The van der Waals surface area contributed by atoms with Gasteiger partial charge >= 0.3 is 6.03 Å². The Labute approximate surface area is 129 Å². The number of rotatable bonds is 3. The number of H-pyrrole nitrogens is 1. The third kappa shape index (κ3) is 2.96. The number of hydrogen-bond donors (Lipinski definition) is 2. The molecular weight excluding hydrogens is 282 g/mol. The van der Waals surface area contributed by atoms with E-state index in [0.29, 0.717) is 18.8 Å². The molecule has 1 aliphatic rings. The number of carbonyl (C=O) groups is 1. The van der Waals surface area contributed by atoms with E-state index in [1.54, 1.807) is 23.3 Å². The average molecular weight is 303 g/mol. The van der Waals surface area contributed by atoms with Crippen LogP contribution >= 0.6 is 0 Å². The lowest BCUT2D eigenvalue weighted by Crippen LogP contribution is -2.51. The number of piperazine rings is 1. The highest BCUT2D eigenvalue weighted by Crippen LogP contribution is 2.23. The van der Waals surface area contributed by atoms with E-state index in [-0.39, 0.29) is 12.1 Å². The number of imidazole rings is 1. The van der Waals surface area contributed by atoms with Gasteiger partial charge in [-0.2, -0.15) is 5.10 Å². The third-order valence-electron chi connectivity index (χ3n) is 3.98. The second-order valence-corrected chi connectivity index (χ2v) is 5.40. The summed E-state index contributed by atoms with van der Waals surface area (Å²) in [6.07, 6.45) is 6.99. The number of nitrogens with one attached hydrogen (secondary N) is 2. The molecule has 3 heterocycles. The Morgan fingerprint density at radius 3 is 3.00 bits per heavy atom. The van der Waals surface area contributed by atoms with E-state index >= 15 is 0 Å². The number of likely N-dealkylation sites (N-methyl/N-ethyl adjacent to an activating group) is 1. The first-order chi connectivity index (χ1) is 10.7. The molecule has 0 saturated carbocycles. The minimum Gasteiger partial charge on any atom is -0.347 e. The van der Waals surface area contributed by atoms with Crippen LogP contribution in [0.5, 0.6) is 0 Å². The lowest BCUT2D eigenvalue weighted by molar-refractivity contribution is 0.0946. The van der Waals surface area contributed by atoms with Gasteiger partial charge in [0.1, 0.15) is 5.82 Å². The van der Waals surface area contributed by atoms with Gasteiger partial charge in [0.25, 0.3) is 0 Å². The predicted molar refractivity (Wildman–Crippen MR) is 82.4 cm³/mol. The van der Waals surface area contributed by atoms with Crippen LogP contribution in [0.2, 0.25) is 0 Å². The number of aromatic amines is 1. The zero-order chi connectivity index (χ0) is 15.5. The fourth-order valence-electron chi connectivity index (χ4n) is 2.79. The van der Waals surface area contributed by atoms with Crippen LogP contribution in [0.15, 0.2) is 24.8 Å². The Morgan fingerprint density at radius 2 is 2.36 bits per heavy atom. The molecule has 8 nitrogen and oxygen atoms in total. The summed E-state index contributed by atoms with van der Waals surface area (Å²) < 4.78 is 1.66. The van der Waals surface area contributed by atoms with Gasteiger partial charge in [0.05, 0.1) is 17.9 Å². The quantitative estimate of drug-likeness (QED) is 0.888. The van der Waals surface area contributed by atoms with Crippen LogP contribution in [0.4, 0.5) is 10.5 Å². The standard InChI is InChI=1S/C14H21N7O/c1-3-20-6-7-21(10-12(20)13-15-4-5-16-13)14(22)18-11-8-17-19(2)9-11/h4-5,8-9,12H,3,6-7,10H2,1-2H3,(H,15,16)(H,18,22)/t12-/m0/s1. The number of nitrogens with zero attached hydrogens (tertiary/aromatic N) is 5. The van der Waals surface area contributed by atoms with Gasteiger partial charge in [0, 0.05) is 45.3 Å². The number of anilines is 1. The number of aromatic nitrogens is 4. The molecule has 1 fully saturated rings. The molecule has 22 heavy (non-hydrogen) atoms. The van der Waals surface area contributed by atoms with Crippen molar-refractivity contribution < 1.29 is 4.79 Å². The molecule has 2 aromatic heterocycles. The van der Waals surface area contributed by atoms with Crippen molar-refractivity contribution in [3.8, 4) is 0 Å². The molecular formula is C14H21N7O. The highest BCUT2D eigenvalue weighted by molar-refractivity contribution is 5.89. The van der Waals surface area contributed by atoms with E-state index in [2.05, 4.69) is 32.2 Å². The summed E-state index contributed by atoms with van der Waals surface area (Å²) in [4.78, 5) is 24.1. The number of carbonyl (C=O) groups excluding carboxylic acids is 1. The molecule has 0 spiro atoms. The fourth-order valence-corrected chi connectivity index (χ4v) is 2.79. The highest BCUT2D eigenvalue weighted by atomic mass is 16.2. The fraction of sp³-hybridized carbons (Fsp3) is 0.500. The maximum atomic E-state index is 12.4. The highest BCUT2D eigenvalue weighted by Gasteiger charge is 2.31. The van der Waals surface area contributed by atoms with Crippen LogP contribution in [-0.4, -0.2) is 61.8 Å². The Kier molecular flexibility index (Phi) is 4.10. The molecule has 2 N–H and O–H groups in total. The second-order valence-electron chi connectivity index (χ2n) is 5.40. The monoisotopic (exact) mass is 303 g/mol. The summed E-state index contributed by atoms with van der Waals surface area (Å²) in [7, 11) is 1.82. The summed E-state index contributed by atoms with van der Waals surface area (Å²) in [5.74, 6) is 0.903. The van der Waals surface area contributed by atoms with E-state index in [4.69, 9.17) is 0 Å². The van der Waals surface area contributed by atoms with Crippen LogP contribution in [0.25, 0.3) is 0 Å². The van der Waals surface area contributed by atoms with Crippen molar-refractivity contribution >= 4 is 11.7 Å². The largest absolute Gasteiger partial charge is 0.347 e. The molecule has 0 unspecified atom stereocenters. The van der Waals surface area contributed by atoms with Gasteiger partial charge in [-0.1, -0.05) is 6.92 Å². The van der Waals surface area contributed by atoms with Crippen LogP contribution in [-0.2, 0) is 7.05 Å². The Hall–Kier alpha value is -2.35. The summed E-state index contributed by atoms with van der Waals surface area (Å²) in [5.41, 5.74) is 0.708. The molecule has 1 atom stereocenters. The molecule has 3 rings (SSSR count). The molecule has 118 valence electrons. The Balaban J connectivity index is 1.68. The number of urea groups is 1. The average Bonchev–Trinajstić information content (AvgIpc) is 3.18. The molecule has 0 aromatic carbocycles. The molecule has 2 aromatic rings. The topological polar surface area (TPSA) is 82.1 Å². The molecule has 0 aliphatic carbocycles. The number of hydrogen-bond acceptors (Lipinski definition) is 4. The minimum absolute atomic E-state index is 0.0969. The maximum Gasteiger partial charge on any atom is 0.322 e. The summed E-state index contributed by atoms with van der Waals surface area (Å²) in [5, 5.41) is 6.94. The molecule has 8 heteroatoms.